The van der Waals surface area contributed by atoms with Crippen molar-refractivity contribution in [1.82, 2.24) is 4.90 Å². The summed E-state index contributed by atoms with van der Waals surface area (Å²) in [5, 5.41) is 2.07. The first-order chi connectivity index (χ1) is 7.87. The van der Waals surface area contributed by atoms with E-state index in [1.807, 2.05) is 25.8 Å². The Morgan fingerprint density at radius 1 is 1.59 bits per heavy atom. The Balaban J connectivity index is 2.54. The molecule has 96 valence electrons. The lowest BCUT2D eigenvalue weighted by Gasteiger charge is -2.32. The molecule has 5 heteroatoms. The standard InChI is InChI=1S/C12H18BrNO2S/c1-12(2,11(15)16-4)14(3)6-5-10-7-9(13)8-17-10/h7-8H,5-6H2,1-4H3. The van der Waals surface area contributed by atoms with Gasteiger partial charge in [0.25, 0.3) is 0 Å². The van der Waals surface area contributed by atoms with Crippen LogP contribution in [0.1, 0.15) is 18.7 Å². The molecule has 1 rings (SSSR count). The first kappa shape index (κ1) is 14.7. The fourth-order valence-electron chi connectivity index (χ4n) is 1.45. The number of ether oxygens (including phenoxy) is 1. The van der Waals surface area contributed by atoms with Gasteiger partial charge in [0.2, 0.25) is 0 Å². The number of hydrogen-bond acceptors (Lipinski definition) is 4. The topological polar surface area (TPSA) is 29.5 Å². The van der Waals surface area contributed by atoms with Gasteiger partial charge in [-0.1, -0.05) is 0 Å². The van der Waals surface area contributed by atoms with Crippen LogP contribution in [0, 0.1) is 0 Å². The molecule has 0 fully saturated rings. The summed E-state index contributed by atoms with van der Waals surface area (Å²) in [5.74, 6) is -0.202. The van der Waals surface area contributed by atoms with Crippen molar-refractivity contribution >= 4 is 33.2 Å². The maximum Gasteiger partial charge on any atom is 0.325 e. The number of esters is 1. The summed E-state index contributed by atoms with van der Waals surface area (Å²) in [6.07, 6.45) is 0.938. The van der Waals surface area contributed by atoms with Crippen LogP contribution >= 0.6 is 27.3 Å². The van der Waals surface area contributed by atoms with Gasteiger partial charge in [-0.25, -0.2) is 0 Å². The second-order valence-corrected chi connectivity index (χ2v) is 6.36. The van der Waals surface area contributed by atoms with Crippen LogP contribution in [-0.4, -0.2) is 37.1 Å². The third kappa shape index (κ3) is 3.79. The highest BCUT2D eigenvalue weighted by molar-refractivity contribution is 9.10. The first-order valence-electron chi connectivity index (χ1n) is 5.40. The summed E-state index contributed by atoms with van der Waals surface area (Å²) in [5.41, 5.74) is -0.580. The average molecular weight is 320 g/mol. The van der Waals surface area contributed by atoms with E-state index in [1.54, 1.807) is 11.3 Å². The predicted molar refractivity (Wildman–Crippen MR) is 74.4 cm³/mol. The number of halogens is 1. The van der Waals surface area contributed by atoms with Gasteiger partial charge in [-0.05, 0) is 49.3 Å². The van der Waals surface area contributed by atoms with Crippen molar-refractivity contribution in [3.05, 3.63) is 20.8 Å². The van der Waals surface area contributed by atoms with Crippen molar-refractivity contribution < 1.29 is 9.53 Å². The summed E-state index contributed by atoms with van der Waals surface area (Å²) in [4.78, 5) is 15.0. The molecular formula is C12H18BrNO2S. The fourth-order valence-corrected chi connectivity index (χ4v) is 2.89. The molecular weight excluding hydrogens is 302 g/mol. The van der Waals surface area contributed by atoms with Crippen LogP contribution in [0.25, 0.3) is 0 Å². The number of likely N-dealkylation sites (N-methyl/N-ethyl adjacent to an activating group) is 1. The quantitative estimate of drug-likeness (QED) is 0.781. The van der Waals surface area contributed by atoms with Crippen molar-refractivity contribution in [1.29, 1.82) is 0 Å². The minimum absolute atomic E-state index is 0.202. The smallest absolute Gasteiger partial charge is 0.325 e. The van der Waals surface area contributed by atoms with E-state index in [4.69, 9.17) is 4.74 Å². The van der Waals surface area contributed by atoms with E-state index in [2.05, 4.69) is 27.4 Å². The van der Waals surface area contributed by atoms with E-state index in [-0.39, 0.29) is 5.97 Å². The predicted octanol–water partition coefficient (Wildman–Crippen LogP) is 2.94. The Labute approximate surface area is 115 Å². The third-order valence-electron chi connectivity index (χ3n) is 2.95. The van der Waals surface area contributed by atoms with E-state index in [9.17, 15) is 4.79 Å². The van der Waals surface area contributed by atoms with Gasteiger partial charge in [0.15, 0.2) is 0 Å². The molecule has 1 aromatic rings. The molecule has 1 heterocycles. The van der Waals surface area contributed by atoms with Crippen LogP contribution in [0.5, 0.6) is 0 Å². The molecule has 0 aliphatic carbocycles. The lowest BCUT2D eigenvalue weighted by Crippen LogP contribution is -2.49. The van der Waals surface area contributed by atoms with E-state index >= 15 is 0 Å². The highest BCUT2D eigenvalue weighted by Gasteiger charge is 2.32. The molecule has 0 bridgehead atoms. The third-order valence-corrected chi connectivity index (χ3v) is 4.71. The van der Waals surface area contributed by atoms with Gasteiger partial charge in [-0.15, -0.1) is 11.3 Å². The highest BCUT2D eigenvalue weighted by Crippen LogP contribution is 2.21. The summed E-state index contributed by atoms with van der Waals surface area (Å²) in [6.45, 7) is 4.58. The molecule has 0 aliphatic heterocycles. The maximum atomic E-state index is 11.6. The van der Waals surface area contributed by atoms with Gasteiger partial charge in [-0.2, -0.15) is 0 Å². The fraction of sp³-hybridized carbons (Fsp3) is 0.583. The number of carbonyl (C=O) groups excluding carboxylic acids is 1. The molecule has 0 spiro atoms. The summed E-state index contributed by atoms with van der Waals surface area (Å²) >= 11 is 5.16. The number of thiophene rings is 1. The molecule has 0 saturated heterocycles. The first-order valence-corrected chi connectivity index (χ1v) is 7.07. The SMILES string of the molecule is COC(=O)C(C)(C)N(C)CCc1cc(Br)cs1. The number of methoxy groups -OCH3 is 1. The molecule has 0 aliphatic rings. The number of rotatable bonds is 5. The van der Waals surface area contributed by atoms with Crippen LogP contribution in [-0.2, 0) is 16.0 Å². The molecule has 0 radical (unpaired) electrons. The van der Waals surface area contributed by atoms with Gasteiger partial charge in [0, 0.05) is 21.3 Å². The Kier molecular flexibility index (Phi) is 5.16. The lowest BCUT2D eigenvalue weighted by atomic mass is 10.0. The molecule has 17 heavy (non-hydrogen) atoms. The monoisotopic (exact) mass is 319 g/mol. The van der Waals surface area contributed by atoms with E-state index < -0.39 is 5.54 Å². The molecule has 0 N–H and O–H groups in total. The van der Waals surface area contributed by atoms with Crippen LogP contribution < -0.4 is 0 Å². The second-order valence-electron chi connectivity index (χ2n) is 4.45. The zero-order chi connectivity index (χ0) is 13.1. The molecule has 1 aromatic heterocycles. The van der Waals surface area contributed by atoms with E-state index in [0.29, 0.717) is 0 Å². The molecule has 0 unspecified atom stereocenters. The maximum absolute atomic E-state index is 11.6. The van der Waals surface area contributed by atoms with E-state index in [0.717, 1.165) is 17.4 Å². The summed E-state index contributed by atoms with van der Waals surface area (Å²) in [6, 6.07) is 2.11. The zero-order valence-corrected chi connectivity index (χ0v) is 13.0. The number of nitrogens with zero attached hydrogens (tertiary/aromatic N) is 1. The van der Waals surface area contributed by atoms with Crippen LogP contribution in [0.15, 0.2) is 15.9 Å². The minimum Gasteiger partial charge on any atom is -0.468 e. The zero-order valence-electron chi connectivity index (χ0n) is 10.6. The Morgan fingerprint density at radius 2 is 2.24 bits per heavy atom. The lowest BCUT2D eigenvalue weighted by molar-refractivity contribution is -0.152. The molecule has 0 amide bonds. The summed E-state index contributed by atoms with van der Waals surface area (Å²) < 4.78 is 5.92. The average Bonchev–Trinajstić information content (AvgIpc) is 2.70. The van der Waals surface area contributed by atoms with Crippen LogP contribution in [0.4, 0.5) is 0 Å². The van der Waals surface area contributed by atoms with E-state index in [1.165, 1.54) is 12.0 Å². The minimum atomic E-state index is -0.580. The highest BCUT2D eigenvalue weighted by atomic mass is 79.9. The van der Waals surface area contributed by atoms with Crippen LogP contribution in [0.3, 0.4) is 0 Å². The molecule has 0 atom stereocenters. The van der Waals surface area contributed by atoms with Crippen molar-refractivity contribution in [2.45, 2.75) is 25.8 Å². The Morgan fingerprint density at radius 3 is 2.71 bits per heavy atom. The second kappa shape index (κ2) is 5.98. The van der Waals surface area contributed by atoms with Gasteiger partial charge in [0.05, 0.1) is 7.11 Å². The van der Waals surface area contributed by atoms with Crippen molar-refractivity contribution in [3.8, 4) is 0 Å². The normalized spacial score (nSPS) is 11.9. The molecule has 0 saturated carbocycles. The largest absolute Gasteiger partial charge is 0.468 e. The number of carbonyl (C=O) groups is 1. The van der Waals surface area contributed by atoms with Gasteiger partial charge in [0.1, 0.15) is 5.54 Å². The van der Waals surface area contributed by atoms with Crippen molar-refractivity contribution in [3.63, 3.8) is 0 Å². The Hall–Kier alpha value is -0.390. The molecule has 0 aromatic carbocycles. The van der Waals surface area contributed by atoms with Gasteiger partial charge < -0.3 is 4.74 Å². The van der Waals surface area contributed by atoms with Crippen molar-refractivity contribution in [2.24, 2.45) is 0 Å². The Bertz CT molecular complexity index is 390. The molecule has 3 nitrogen and oxygen atoms in total. The summed E-state index contributed by atoms with van der Waals surface area (Å²) in [7, 11) is 3.37. The van der Waals surface area contributed by atoms with Crippen LogP contribution in [0.2, 0.25) is 0 Å². The number of hydrogen-bond donors (Lipinski definition) is 0. The van der Waals surface area contributed by atoms with Gasteiger partial charge >= 0.3 is 5.97 Å². The van der Waals surface area contributed by atoms with Crippen molar-refractivity contribution in [2.75, 3.05) is 20.7 Å². The van der Waals surface area contributed by atoms with Gasteiger partial charge in [-0.3, -0.25) is 9.69 Å².